The fourth-order valence-corrected chi connectivity index (χ4v) is 3.50. The summed E-state index contributed by atoms with van der Waals surface area (Å²) in [5.74, 6) is -2.93. The van der Waals surface area contributed by atoms with Gasteiger partial charge >= 0.3 is 0 Å². The minimum atomic E-state index is -3.44. The first-order valence-electron chi connectivity index (χ1n) is 8.73. The van der Waals surface area contributed by atoms with Crippen LogP contribution in [0.1, 0.15) is 41.0 Å². The summed E-state index contributed by atoms with van der Waals surface area (Å²) >= 11 is 0. The zero-order chi connectivity index (χ0) is 21.1. The van der Waals surface area contributed by atoms with E-state index >= 15 is 0 Å². The van der Waals surface area contributed by atoms with Crippen LogP contribution in [0.2, 0.25) is 0 Å². The van der Waals surface area contributed by atoms with E-state index in [-0.39, 0.29) is 30.1 Å². The van der Waals surface area contributed by atoms with Crippen LogP contribution in [0.15, 0.2) is 24.3 Å². The van der Waals surface area contributed by atoms with Gasteiger partial charge in [-0.3, -0.25) is 24.1 Å². The van der Waals surface area contributed by atoms with E-state index < -0.39 is 45.3 Å². The lowest BCUT2D eigenvalue weighted by molar-refractivity contribution is -0.128. The topological polar surface area (TPSA) is 130 Å². The van der Waals surface area contributed by atoms with Crippen LogP contribution in [0, 0.1) is 0 Å². The lowest BCUT2D eigenvalue weighted by Crippen LogP contribution is -2.52. The molecule has 1 aromatic carbocycles. The number of benzene rings is 1. The van der Waals surface area contributed by atoms with Crippen molar-refractivity contribution in [1.82, 2.24) is 15.5 Å². The Bertz CT molecular complexity index is 875. The van der Waals surface area contributed by atoms with Crippen molar-refractivity contribution in [2.24, 2.45) is 0 Å². The Labute approximate surface area is 163 Å². The van der Waals surface area contributed by atoms with Gasteiger partial charge in [-0.05, 0) is 32.4 Å². The third kappa shape index (κ3) is 5.16. The second-order valence-electron chi connectivity index (χ2n) is 6.90. The number of hydrogen-bond donors (Lipinski definition) is 2. The van der Waals surface area contributed by atoms with Gasteiger partial charge in [-0.2, -0.15) is 0 Å². The van der Waals surface area contributed by atoms with Gasteiger partial charge in [0.05, 0.1) is 23.4 Å². The molecule has 0 aliphatic carbocycles. The highest BCUT2D eigenvalue weighted by Gasteiger charge is 2.42. The van der Waals surface area contributed by atoms with Crippen LogP contribution in [0.4, 0.5) is 0 Å². The average Bonchev–Trinajstić information content (AvgIpc) is 2.84. The van der Waals surface area contributed by atoms with E-state index in [1.165, 1.54) is 12.1 Å². The minimum absolute atomic E-state index is 0.123. The number of amides is 4. The molecule has 1 aromatic rings. The fraction of sp³-hybridized carbons (Fsp3) is 0.444. The molecule has 0 radical (unpaired) electrons. The van der Waals surface area contributed by atoms with Gasteiger partial charge in [0.25, 0.3) is 11.8 Å². The number of rotatable bonds is 8. The number of carbonyl (C=O) groups excluding carboxylic acids is 4. The van der Waals surface area contributed by atoms with Crippen LogP contribution in [0.25, 0.3) is 0 Å². The summed E-state index contributed by atoms with van der Waals surface area (Å²) in [5, 5.41) is 4.97. The molecule has 1 aliphatic rings. The molecule has 2 rings (SSSR count). The van der Waals surface area contributed by atoms with Gasteiger partial charge in [0.1, 0.15) is 15.9 Å². The standard InChI is InChI=1S/C18H23N3O6S/c1-11(2)20-15(22)10-19-16(23)14(8-9-28(3,26)27)21-17(24)12-6-4-5-7-13(12)18(21)25/h4-7,11,14H,8-10H2,1-3H3,(H,19,23)(H,20,22)/t14-/m1/s1. The fourth-order valence-electron chi connectivity index (χ4n) is 2.85. The zero-order valence-electron chi connectivity index (χ0n) is 15.9. The van der Waals surface area contributed by atoms with Gasteiger partial charge in [-0.15, -0.1) is 0 Å². The molecule has 1 atom stereocenters. The molecule has 9 nitrogen and oxygen atoms in total. The Morgan fingerprint density at radius 1 is 1.07 bits per heavy atom. The number of imide groups is 1. The summed E-state index contributed by atoms with van der Waals surface area (Å²) in [7, 11) is -3.44. The van der Waals surface area contributed by atoms with Crippen LogP contribution >= 0.6 is 0 Å². The van der Waals surface area contributed by atoms with Crippen LogP contribution in [-0.4, -0.2) is 67.6 Å². The van der Waals surface area contributed by atoms with Crippen molar-refractivity contribution in [3.8, 4) is 0 Å². The van der Waals surface area contributed by atoms with Gasteiger partial charge in [0.2, 0.25) is 11.8 Å². The number of carbonyl (C=O) groups is 4. The number of nitrogens with one attached hydrogen (secondary N) is 2. The smallest absolute Gasteiger partial charge is 0.262 e. The summed E-state index contributed by atoms with van der Waals surface area (Å²) in [5.41, 5.74) is 0.310. The molecule has 1 aliphatic heterocycles. The third-order valence-electron chi connectivity index (χ3n) is 4.07. The number of sulfone groups is 1. The molecule has 0 saturated heterocycles. The van der Waals surface area contributed by atoms with Crippen LogP contribution in [0.5, 0.6) is 0 Å². The molecule has 10 heteroatoms. The Kier molecular flexibility index (Phi) is 6.55. The molecule has 1 heterocycles. The maximum atomic E-state index is 12.7. The van der Waals surface area contributed by atoms with Gasteiger partial charge in [-0.25, -0.2) is 8.42 Å². The summed E-state index contributed by atoms with van der Waals surface area (Å²) in [6.07, 6.45) is 0.738. The molecule has 0 unspecified atom stereocenters. The van der Waals surface area contributed by atoms with Crippen LogP contribution < -0.4 is 10.6 Å². The van der Waals surface area contributed by atoms with Gasteiger partial charge < -0.3 is 10.6 Å². The van der Waals surface area contributed by atoms with E-state index in [4.69, 9.17) is 0 Å². The molecule has 28 heavy (non-hydrogen) atoms. The van der Waals surface area contributed by atoms with Gasteiger partial charge in [-0.1, -0.05) is 12.1 Å². The Morgan fingerprint density at radius 2 is 1.61 bits per heavy atom. The maximum absolute atomic E-state index is 12.7. The lowest BCUT2D eigenvalue weighted by atomic mass is 10.1. The molecule has 0 saturated carbocycles. The van der Waals surface area contributed by atoms with Crippen molar-refractivity contribution < 1.29 is 27.6 Å². The third-order valence-corrected chi connectivity index (χ3v) is 5.05. The number of fused-ring (bicyclic) bond motifs is 1. The Balaban J connectivity index is 2.22. The van der Waals surface area contributed by atoms with E-state index in [1.807, 2.05) is 0 Å². The largest absolute Gasteiger partial charge is 0.352 e. The second kappa shape index (κ2) is 8.51. The molecule has 4 amide bonds. The van der Waals surface area contributed by atoms with E-state index in [0.717, 1.165) is 11.2 Å². The molecular weight excluding hydrogens is 386 g/mol. The normalized spacial score (nSPS) is 14.8. The monoisotopic (exact) mass is 409 g/mol. The first kappa shape index (κ1) is 21.5. The molecule has 0 spiro atoms. The molecule has 0 fully saturated rings. The zero-order valence-corrected chi connectivity index (χ0v) is 16.7. The van der Waals surface area contributed by atoms with E-state index in [0.29, 0.717) is 0 Å². The predicted octanol–water partition coefficient (Wildman–Crippen LogP) is -0.273. The number of nitrogens with zero attached hydrogens (tertiary/aromatic N) is 1. The second-order valence-corrected chi connectivity index (χ2v) is 9.16. The molecule has 0 bridgehead atoms. The van der Waals surface area contributed by atoms with E-state index in [9.17, 15) is 27.6 Å². The highest BCUT2D eigenvalue weighted by Crippen LogP contribution is 2.25. The van der Waals surface area contributed by atoms with Crippen molar-refractivity contribution in [3.63, 3.8) is 0 Å². The first-order valence-corrected chi connectivity index (χ1v) is 10.8. The van der Waals surface area contributed by atoms with Crippen LogP contribution in [0.3, 0.4) is 0 Å². The number of hydrogen-bond acceptors (Lipinski definition) is 6. The summed E-state index contributed by atoms with van der Waals surface area (Å²) in [6, 6.07) is 4.66. The summed E-state index contributed by atoms with van der Waals surface area (Å²) in [4.78, 5) is 50.5. The molecule has 0 aromatic heterocycles. The summed E-state index contributed by atoms with van der Waals surface area (Å²) < 4.78 is 23.1. The minimum Gasteiger partial charge on any atom is -0.352 e. The molecule has 152 valence electrons. The van der Waals surface area contributed by atoms with Gasteiger partial charge in [0.15, 0.2) is 0 Å². The highest BCUT2D eigenvalue weighted by molar-refractivity contribution is 7.90. The van der Waals surface area contributed by atoms with Crippen LogP contribution in [-0.2, 0) is 19.4 Å². The Hall–Kier alpha value is -2.75. The molecular formula is C18H23N3O6S. The van der Waals surface area contributed by atoms with Crippen molar-refractivity contribution in [3.05, 3.63) is 35.4 Å². The molecule has 2 N–H and O–H groups in total. The van der Waals surface area contributed by atoms with Crippen molar-refractivity contribution in [2.75, 3.05) is 18.6 Å². The van der Waals surface area contributed by atoms with Crippen molar-refractivity contribution in [1.29, 1.82) is 0 Å². The predicted molar refractivity (Wildman–Crippen MR) is 101 cm³/mol. The SMILES string of the molecule is CC(C)NC(=O)CNC(=O)[C@@H](CCS(C)(=O)=O)N1C(=O)c2ccccc2C1=O. The van der Waals surface area contributed by atoms with Crippen molar-refractivity contribution >= 4 is 33.5 Å². The van der Waals surface area contributed by atoms with Crippen molar-refractivity contribution in [2.45, 2.75) is 32.4 Å². The maximum Gasteiger partial charge on any atom is 0.262 e. The Morgan fingerprint density at radius 3 is 2.07 bits per heavy atom. The van der Waals surface area contributed by atoms with E-state index in [1.54, 1.807) is 26.0 Å². The quantitative estimate of drug-likeness (QED) is 0.569. The van der Waals surface area contributed by atoms with E-state index in [2.05, 4.69) is 10.6 Å². The van der Waals surface area contributed by atoms with Gasteiger partial charge in [0, 0.05) is 12.3 Å². The summed E-state index contributed by atoms with van der Waals surface area (Å²) in [6.45, 7) is 3.16. The average molecular weight is 409 g/mol. The highest BCUT2D eigenvalue weighted by atomic mass is 32.2. The first-order chi connectivity index (χ1) is 13.0. The lowest BCUT2D eigenvalue weighted by Gasteiger charge is -2.25.